The Kier molecular flexibility index (Phi) is 5.08. The first-order valence-electron chi connectivity index (χ1n) is 10.3. The van der Waals surface area contributed by atoms with Crippen molar-refractivity contribution in [1.82, 2.24) is 4.98 Å². The number of hydrogen-bond donors (Lipinski definition) is 1. The first-order chi connectivity index (χ1) is 15.0. The molecular formula is C25H24F3N3O. The van der Waals surface area contributed by atoms with Crippen molar-refractivity contribution < 1.29 is 17.9 Å². The fourth-order valence-corrected chi connectivity index (χ4v) is 5.24. The number of hydrogen-bond acceptors (Lipinski definition) is 4. The van der Waals surface area contributed by atoms with E-state index in [1.807, 2.05) is 58.0 Å². The minimum absolute atomic E-state index is 0.0289. The van der Waals surface area contributed by atoms with Gasteiger partial charge in [-0.15, -0.1) is 0 Å². The second-order valence-corrected chi connectivity index (χ2v) is 9.42. The van der Waals surface area contributed by atoms with Crippen LogP contribution < -0.4 is 10.1 Å². The van der Waals surface area contributed by atoms with E-state index >= 15 is 0 Å². The molecule has 4 nitrogen and oxygen atoms in total. The van der Waals surface area contributed by atoms with Crippen LogP contribution in [0.4, 0.5) is 19.0 Å². The monoisotopic (exact) mass is 439 g/mol. The normalized spacial score (nSPS) is 21.4. The predicted molar refractivity (Wildman–Crippen MR) is 117 cm³/mol. The minimum Gasteiger partial charge on any atom is -0.489 e. The van der Waals surface area contributed by atoms with Gasteiger partial charge >= 0.3 is 6.18 Å². The van der Waals surface area contributed by atoms with Gasteiger partial charge in [-0.05, 0) is 29.7 Å². The fraction of sp³-hybridized carbons (Fsp3) is 0.360. The number of nitriles is 1. The molecule has 3 aromatic rings. The zero-order chi connectivity index (χ0) is 23.3. The second-order valence-electron chi connectivity index (χ2n) is 9.42. The van der Waals surface area contributed by atoms with E-state index in [9.17, 15) is 13.2 Å². The van der Waals surface area contributed by atoms with Crippen molar-refractivity contribution in [3.8, 4) is 11.8 Å². The Morgan fingerprint density at radius 2 is 1.72 bits per heavy atom. The molecule has 1 aromatic heterocycles. The topological polar surface area (TPSA) is 57.9 Å². The van der Waals surface area contributed by atoms with E-state index in [1.54, 1.807) is 12.3 Å². The van der Waals surface area contributed by atoms with Crippen molar-refractivity contribution >= 4 is 16.6 Å². The number of fused-ring (bicyclic) bond motifs is 1. The Balaban J connectivity index is 1.61. The van der Waals surface area contributed by atoms with Crippen molar-refractivity contribution in [2.45, 2.75) is 46.0 Å². The molecule has 1 fully saturated rings. The summed E-state index contributed by atoms with van der Waals surface area (Å²) >= 11 is 0. The Bertz CT molecular complexity index is 1190. The zero-order valence-electron chi connectivity index (χ0n) is 18.3. The molecule has 0 spiro atoms. The summed E-state index contributed by atoms with van der Waals surface area (Å²) in [5.41, 5.74) is -2.19. The molecule has 7 heteroatoms. The fourth-order valence-electron chi connectivity index (χ4n) is 5.24. The highest BCUT2D eigenvalue weighted by Crippen LogP contribution is 2.57. The van der Waals surface area contributed by atoms with Crippen molar-refractivity contribution in [1.29, 1.82) is 5.26 Å². The number of halogens is 3. The lowest BCUT2D eigenvalue weighted by Gasteiger charge is -2.63. The first kappa shape index (κ1) is 21.9. The van der Waals surface area contributed by atoms with E-state index in [0.29, 0.717) is 0 Å². The van der Waals surface area contributed by atoms with Crippen LogP contribution in [0.1, 0.15) is 38.8 Å². The molecule has 0 atom stereocenters. The van der Waals surface area contributed by atoms with Gasteiger partial charge in [-0.1, -0.05) is 52.0 Å². The summed E-state index contributed by atoms with van der Waals surface area (Å²) < 4.78 is 46.2. The van der Waals surface area contributed by atoms with Crippen LogP contribution in [0.2, 0.25) is 0 Å². The molecule has 1 aliphatic rings. The lowest BCUT2D eigenvalue weighted by atomic mass is 9.49. The van der Waals surface area contributed by atoms with Crippen LogP contribution >= 0.6 is 0 Å². The largest absolute Gasteiger partial charge is 0.489 e. The third-order valence-electron chi connectivity index (χ3n) is 6.47. The van der Waals surface area contributed by atoms with Gasteiger partial charge in [0.05, 0.1) is 17.2 Å². The molecule has 1 saturated carbocycles. The van der Waals surface area contributed by atoms with Crippen LogP contribution in [0, 0.1) is 22.2 Å². The van der Waals surface area contributed by atoms with Crippen LogP contribution in [0.5, 0.6) is 5.75 Å². The minimum atomic E-state index is -4.63. The zero-order valence-corrected chi connectivity index (χ0v) is 18.3. The number of benzene rings is 2. The quantitative estimate of drug-likeness (QED) is 0.510. The number of aromatic nitrogens is 1. The van der Waals surface area contributed by atoms with Gasteiger partial charge < -0.3 is 10.1 Å². The molecule has 0 saturated heterocycles. The second kappa shape index (κ2) is 7.40. The molecule has 1 N–H and O–H groups in total. The van der Waals surface area contributed by atoms with Gasteiger partial charge in [-0.25, -0.2) is 4.98 Å². The SMILES string of the molecule is CC1(C)[C@H](Nc2nccc3ccccc23)C(C)(C)[C@H]1Oc1ccc(C#N)c(C(F)(F)F)c1. The number of pyridine rings is 1. The lowest BCUT2D eigenvalue weighted by Crippen LogP contribution is -2.72. The van der Waals surface area contributed by atoms with E-state index in [0.717, 1.165) is 28.7 Å². The van der Waals surface area contributed by atoms with E-state index in [4.69, 9.17) is 10.00 Å². The van der Waals surface area contributed by atoms with Gasteiger partial charge in [0.15, 0.2) is 0 Å². The summed E-state index contributed by atoms with van der Waals surface area (Å²) in [6, 6.07) is 15.0. The van der Waals surface area contributed by atoms with E-state index in [-0.39, 0.29) is 17.9 Å². The van der Waals surface area contributed by atoms with Crippen LogP contribution in [0.25, 0.3) is 10.8 Å². The van der Waals surface area contributed by atoms with E-state index in [1.165, 1.54) is 6.07 Å². The van der Waals surface area contributed by atoms with Gasteiger partial charge in [0, 0.05) is 28.5 Å². The molecule has 2 aromatic carbocycles. The summed E-state index contributed by atoms with van der Waals surface area (Å²) in [6.07, 6.45) is -3.22. The van der Waals surface area contributed by atoms with Gasteiger partial charge in [0.1, 0.15) is 17.7 Å². The molecule has 0 aliphatic heterocycles. The standard InChI is InChI=1S/C25H24F3N3O/c1-23(2)21(31-20-18-8-6-5-7-15(18)11-12-30-20)24(3,4)22(23)32-17-10-9-16(14-29)19(13-17)25(26,27)28/h5-13,21-22H,1-4H3,(H,30,31)/t21-,22-. The van der Waals surface area contributed by atoms with E-state index in [2.05, 4.69) is 10.3 Å². The van der Waals surface area contributed by atoms with Gasteiger partial charge in [-0.3, -0.25) is 0 Å². The molecule has 0 amide bonds. The average Bonchev–Trinajstić information content (AvgIpc) is 2.74. The van der Waals surface area contributed by atoms with Crippen molar-refractivity contribution in [2.24, 2.45) is 10.8 Å². The molecular weight excluding hydrogens is 415 g/mol. The van der Waals surface area contributed by atoms with Crippen LogP contribution in [0.15, 0.2) is 54.7 Å². The maximum absolute atomic E-state index is 13.4. The van der Waals surface area contributed by atoms with Crippen molar-refractivity contribution in [2.75, 3.05) is 5.32 Å². The van der Waals surface area contributed by atoms with Gasteiger partial charge in [0.2, 0.25) is 0 Å². The maximum atomic E-state index is 13.4. The molecule has 32 heavy (non-hydrogen) atoms. The number of nitrogens with zero attached hydrogens (tertiary/aromatic N) is 2. The Morgan fingerprint density at radius 3 is 2.38 bits per heavy atom. The van der Waals surface area contributed by atoms with Crippen LogP contribution in [-0.4, -0.2) is 17.1 Å². The van der Waals surface area contributed by atoms with Gasteiger partial charge in [-0.2, -0.15) is 18.4 Å². The number of alkyl halides is 3. The Labute approximate surface area is 185 Å². The summed E-state index contributed by atoms with van der Waals surface area (Å²) in [4.78, 5) is 4.52. The third kappa shape index (κ3) is 3.54. The van der Waals surface area contributed by atoms with Crippen LogP contribution in [-0.2, 0) is 6.18 Å². The Hall–Kier alpha value is -3.27. The number of rotatable bonds is 4. The van der Waals surface area contributed by atoms with Crippen molar-refractivity contribution in [3.05, 3.63) is 65.9 Å². The summed E-state index contributed by atoms with van der Waals surface area (Å²) in [7, 11) is 0. The smallest absolute Gasteiger partial charge is 0.417 e. The first-order valence-corrected chi connectivity index (χ1v) is 10.3. The summed E-state index contributed by atoms with van der Waals surface area (Å²) in [6.45, 7) is 8.11. The Morgan fingerprint density at radius 1 is 1.03 bits per heavy atom. The molecule has 0 unspecified atom stereocenters. The molecule has 166 valence electrons. The molecule has 1 heterocycles. The lowest BCUT2D eigenvalue weighted by molar-refractivity contribution is -0.148. The number of nitrogens with one attached hydrogen (secondary N) is 1. The highest BCUT2D eigenvalue weighted by Gasteiger charge is 2.64. The summed E-state index contributed by atoms with van der Waals surface area (Å²) in [5.74, 6) is 0.870. The number of anilines is 1. The molecule has 0 radical (unpaired) electrons. The maximum Gasteiger partial charge on any atom is 0.417 e. The van der Waals surface area contributed by atoms with Crippen LogP contribution in [0.3, 0.4) is 0 Å². The van der Waals surface area contributed by atoms with Crippen molar-refractivity contribution in [3.63, 3.8) is 0 Å². The number of ether oxygens (including phenoxy) is 1. The highest BCUT2D eigenvalue weighted by atomic mass is 19.4. The summed E-state index contributed by atoms with van der Waals surface area (Å²) in [5, 5.41) is 14.7. The van der Waals surface area contributed by atoms with Gasteiger partial charge in [0.25, 0.3) is 0 Å². The molecule has 4 rings (SSSR count). The molecule has 0 bridgehead atoms. The predicted octanol–water partition coefficient (Wildman–Crippen LogP) is 6.42. The third-order valence-corrected chi connectivity index (χ3v) is 6.47. The average molecular weight is 439 g/mol. The molecule has 1 aliphatic carbocycles. The highest BCUT2D eigenvalue weighted by molar-refractivity contribution is 5.91. The van der Waals surface area contributed by atoms with E-state index < -0.39 is 28.1 Å².